The molecule has 1 aromatic carbocycles. The average Bonchev–Trinajstić information content (AvgIpc) is 2.27. The molecule has 1 aromatic rings. The van der Waals surface area contributed by atoms with Gasteiger partial charge in [-0.2, -0.15) is 0 Å². The van der Waals surface area contributed by atoms with E-state index in [-0.39, 0.29) is 5.97 Å². The van der Waals surface area contributed by atoms with Gasteiger partial charge in [0.25, 0.3) is 0 Å². The maximum absolute atomic E-state index is 10.9. The van der Waals surface area contributed by atoms with E-state index in [4.69, 9.17) is 14.2 Å². The first kappa shape index (κ1) is 12.4. The molecule has 0 spiro atoms. The summed E-state index contributed by atoms with van der Waals surface area (Å²) in [4.78, 5) is 10.9. The first-order valence-corrected chi connectivity index (χ1v) is 5.05. The molecule has 0 atom stereocenters. The van der Waals surface area contributed by atoms with Crippen LogP contribution in [0.15, 0.2) is 12.1 Å². The molecular formula is C12H16O4. The molecule has 88 valence electrons. The minimum absolute atomic E-state index is 0.379. The number of carbonyl (C=O) groups excluding carboxylic acids is 1. The zero-order valence-corrected chi connectivity index (χ0v) is 9.99. The maximum atomic E-state index is 10.9. The highest BCUT2D eigenvalue weighted by atomic mass is 16.6. The van der Waals surface area contributed by atoms with Crippen molar-refractivity contribution in [1.82, 2.24) is 0 Å². The highest BCUT2D eigenvalue weighted by Crippen LogP contribution is 2.35. The van der Waals surface area contributed by atoms with E-state index in [2.05, 4.69) is 0 Å². The molecule has 0 amide bonds. The van der Waals surface area contributed by atoms with E-state index in [1.165, 1.54) is 14.0 Å². The van der Waals surface area contributed by atoms with Gasteiger partial charge in [0.15, 0.2) is 11.5 Å². The summed E-state index contributed by atoms with van der Waals surface area (Å²) >= 11 is 0. The van der Waals surface area contributed by atoms with Crippen LogP contribution >= 0.6 is 0 Å². The third-order valence-corrected chi connectivity index (χ3v) is 2.20. The second-order valence-corrected chi connectivity index (χ2v) is 3.26. The number of benzene rings is 1. The normalized spacial score (nSPS) is 9.75. The van der Waals surface area contributed by atoms with Crippen molar-refractivity contribution in [3.8, 4) is 17.2 Å². The Hall–Kier alpha value is -1.71. The van der Waals surface area contributed by atoms with Crippen LogP contribution in [-0.4, -0.2) is 20.2 Å². The Morgan fingerprint density at radius 2 is 1.75 bits per heavy atom. The summed E-state index contributed by atoms with van der Waals surface area (Å²) in [7, 11) is 3.12. The molecule has 0 bridgehead atoms. The molecular weight excluding hydrogens is 208 g/mol. The predicted molar refractivity (Wildman–Crippen MR) is 60.2 cm³/mol. The van der Waals surface area contributed by atoms with Gasteiger partial charge in [-0.1, -0.05) is 6.92 Å². The molecule has 0 aromatic heterocycles. The van der Waals surface area contributed by atoms with Crippen LogP contribution in [0.1, 0.15) is 19.4 Å². The third-order valence-electron chi connectivity index (χ3n) is 2.20. The molecule has 0 saturated heterocycles. The van der Waals surface area contributed by atoms with Gasteiger partial charge in [-0.15, -0.1) is 0 Å². The monoisotopic (exact) mass is 224 g/mol. The number of esters is 1. The van der Waals surface area contributed by atoms with Crippen LogP contribution in [-0.2, 0) is 11.2 Å². The Kier molecular flexibility index (Phi) is 4.17. The lowest BCUT2D eigenvalue weighted by atomic mass is 10.1. The van der Waals surface area contributed by atoms with Gasteiger partial charge < -0.3 is 14.2 Å². The number of methoxy groups -OCH3 is 2. The van der Waals surface area contributed by atoms with Crippen molar-refractivity contribution in [2.45, 2.75) is 20.3 Å². The van der Waals surface area contributed by atoms with E-state index in [0.29, 0.717) is 17.2 Å². The molecule has 0 heterocycles. The fourth-order valence-electron chi connectivity index (χ4n) is 1.44. The van der Waals surface area contributed by atoms with E-state index in [1.54, 1.807) is 13.2 Å². The van der Waals surface area contributed by atoms with Crippen molar-refractivity contribution in [1.29, 1.82) is 0 Å². The number of ether oxygens (including phenoxy) is 3. The van der Waals surface area contributed by atoms with Gasteiger partial charge in [0, 0.05) is 13.0 Å². The molecule has 0 aliphatic rings. The van der Waals surface area contributed by atoms with Crippen LogP contribution in [0.25, 0.3) is 0 Å². The Morgan fingerprint density at radius 3 is 2.19 bits per heavy atom. The molecule has 0 aliphatic carbocycles. The molecule has 0 unspecified atom stereocenters. The zero-order chi connectivity index (χ0) is 12.1. The molecule has 0 fully saturated rings. The average molecular weight is 224 g/mol. The molecule has 16 heavy (non-hydrogen) atoms. The standard InChI is InChI=1S/C12H16O4/c1-5-9-6-11(15-4)12(16-8(2)13)7-10(9)14-3/h6-7H,5H2,1-4H3. The molecule has 4 heteroatoms. The largest absolute Gasteiger partial charge is 0.496 e. The van der Waals surface area contributed by atoms with Crippen molar-refractivity contribution in [2.24, 2.45) is 0 Å². The molecule has 1 rings (SSSR count). The summed E-state index contributed by atoms with van der Waals surface area (Å²) in [6.07, 6.45) is 0.819. The summed E-state index contributed by atoms with van der Waals surface area (Å²) in [5.41, 5.74) is 1.01. The fourth-order valence-corrected chi connectivity index (χ4v) is 1.44. The van der Waals surface area contributed by atoms with Crippen LogP contribution in [0.4, 0.5) is 0 Å². The summed E-state index contributed by atoms with van der Waals surface area (Å²) in [6.45, 7) is 3.36. The number of hydrogen-bond donors (Lipinski definition) is 0. The lowest BCUT2D eigenvalue weighted by Gasteiger charge is -2.13. The van der Waals surface area contributed by atoms with Gasteiger partial charge in [-0.05, 0) is 18.1 Å². The Labute approximate surface area is 95.1 Å². The molecule has 4 nitrogen and oxygen atoms in total. The first-order chi connectivity index (χ1) is 7.62. The summed E-state index contributed by atoms with van der Waals surface area (Å²) in [6, 6.07) is 3.48. The van der Waals surface area contributed by atoms with Crippen molar-refractivity contribution in [2.75, 3.05) is 14.2 Å². The summed E-state index contributed by atoms with van der Waals surface area (Å²) in [5, 5.41) is 0. The predicted octanol–water partition coefficient (Wildman–Crippen LogP) is 2.19. The van der Waals surface area contributed by atoms with Gasteiger partial charge >= 0.3 is 5.97 Å². The minimum Gasteiger partial charge on any atom is -0.496 e. The van der Waals surface area contributed by atoms with Crippen LogP contribution in [0.3, 0.4) is 0 Å². The number of carbonyl (C=O) groups is 1. The third kappa shape index (κ3) is 2.66. The van der Waals surface area contributed by atoms with Crippen molar-refractivity contribution < 1.29 is 19.0 Å². The number of rotatable bonds is 4. The Morgan fingerprint density at radius 1 is 1.12 bits per heavy atom. The van der Waals surface area contributed by atoms with E-state index in [1.807, 2.05) is 13.0 Å². The molecule has 0 radical (unpaired) electrons. The lowest BCUT2D eigenvalue weighted by molar-refractivity contribution is -0.132. The minimum atomic E-state index is -0.385. The van der Waals surface area contributed by atoms with E-state index >= 15 is 0 Å². The topological polar surface area (TPSA) is 44.8 Å². The smallest absolute Gasteiger partial charge is 0.308 e. The van der Waals surface area contributed by atoms with Gasteiger partial charge in [-0.3, -0.25) is 4.79 Å². The number of aryl methyl sites for hydroxylation is 1. The van der Waals surface area contributed by atoms with Crippen LogP contribution in [0.2, 0.25) is 0 Å². The quantitative estimate of drug-likeness (QED) is 0.581. The van der Waals surface area contributed by atoms with Crippen molar-refractivity contribution in [3.63, 3.8) is 0 Å². The highest BCUT2D eigenvalue weighted by Gasteiger charge is 2.12. The highest BCUT2D eigenvalue weighted by molar-refractivity contribution is 5.71. The van der Waals surface area contributed by atoms with Gasteiger partial charge in [0.05, 0.1) is 14.2 Å². The van der Waals surface area contributed by atoms with E-state index in [0.717, 1.165) is 12.0 Å². The van der Waals surface area contributed by atoms with E-state index < -0.39 is 0 Å². The van der Waals surface area contributed by atoms with Gasteiger partial charge in [0.2, 0.25) is 0 Å². The number of hydrogen-bond acceptors (Lipinski definition) is 4. The summed E-state index contributed by atoms with van der Waals surface area (Å²) in [5.74, 6) is 1.22. The van der Waals surface area contributed by atoms with Crippen LogP contribution < -0.4 is 14.2 Å². The SMILES string of the molecule is CCc1cc(OC)c(OC(C)=O)cc1OC. The lowest BCUT2D eigenvalue weighted by Crippen LogP contribution is -2.04. The Bertz CT molecular complexity index is 385. The van der Waals surface area contributed by atoms with Crippen molar-refractivity contribution >= 4 is 5.97 Å². The van der Waals surface area contributed by atoms with Gasteiger partial charge in [-0.25, -0.2) is 0 Å². The second kappa shape index (κ2) is 5.39. The second-order valence-electron chi connectivity index (χ2n) is 3.26. The zero-order valence-electron chi connectivity index (χ0n) is 9.99. The molecule has 0 saturated carbocycles. The van der Waals surface area contributed by atoms with Crippen LogP contribution in [0.5, 0.6) is 17.2 Å². The van der Waals surface area contributed by atoms with Crippen LogP contribution in [0, 0.1) is 0 Å². The fraction of sp³-hybridized carbons (Fsp3) is 0.417. The molecule has 0 aliphatic heterocycles. The van der Waals surface area contributed by atoms with Gasteiger partial charge in [0.1, 0.15) is 5.75 Å². The summed E-state index contributed by atoms with van der Waals surface area (Å²) < 4.78 is 15.4. The van der Waals surface area contributed by atoms with Crippen molar-refractivity contribution in [3.05, 3.63) is 17.7 Å². The molecule has 0 N–H and O–H groups in total. The maximum Gasteiger partial charge on any atom is 0.308 e. The van der Waals surface area contributed by atoms with E-state index in [9.17, 15) is 4.79 Å². The first-order valence-electron chi connectivity index (χ1n) is 5.05. The Balaban J connectivity index is 3.20.